The maximum atomic E-state index is 12.8. The largest absolute Gasteiger partial charge is 0.500 e. The molecule has 0 spiro atoms. The molecule has 150 valence electrons. The van der Waals surface area contributed by atoms with Gasteiger partial charge in [-0.25, -0.2) is 9.59 Å². The summed E-state index contributed by atoms with van der Waals surface area (Å²) in [5, 5.41) is 26.4. The van der Waals surface area contributed by atoms with Gasteiger partial charge < -0.3 is 25.2 Å². The van der Waals surface area contributed by atoms with E-state index in [9.17, 15) is 24.8 Å². The van der Waals surface area contributed by atoms with Crippen molar-refractivity contribution >= 4 is 17.7 Å². The number of esters is 1. The summed E-state index contributed by atoms with van der Waals surface area (Å²) in [5.74, 6) is -1.37. The number of nitro groups is 1. The summed E-state index contributed by atoms with van der Waals surface area (Å²) in [7, 11) is 1.25. The lowest BCUT2D eigenvalue weighted by Crippen LogP contribution is -2.45. The van der Waals surface area contributed by atoms with Gasteiger partial charge in [0.2, 0.25) is 5.75 Å². The van der Waals surface area contributed by atoms with Crippen molar-refractivity contribution in [3.63, 3.8) is 0 Å². The molecule has 1 aromatic carbocycles. The number of benzene rings is 1. The Morgan fingerprint density at radius 2 is 2.00 bits per heavy atom. The van der Waals surface area contributed by atoms with E-state index in [1.165, 1.54) is 13.2 Å². The molecule has 1 aliphatic heterocycles. The lowest BCUT2D eigenvalue weighted by molar-refractivity contribution is -0.386. The number of allylic oxidation sites excluding steroid dienone is 1. The molecule has 3 rings (SSSR count). The second-order valence-electron chi connectivity index (χ2n) is 6.73. The quantitative estimate of drug-likeness (QED) is 0.398. The zero-order valence-corrected chi connectivity index (χ0v) is 15.5. The molecule has 1 atom stereocenters. The molecule has 0 radical (unpaired) electrons. The number of carbonyl (C=O) groups is 2. The molecule has 0 bridgehead atoms. The van der Waals surface area contributed by atoms with Gasteiger partial charge in [-0.15, -0.1) is 0 Å². The third-order valence-electron chi connectivity index (χ3n) is 4.89. The van der Waals surface area contributed by atoms with Crippen molar-refractivity contribution in [1.82, 2.24) is 10.6 Å². The minimum Gasteiger partial charge on any atom is -0.500 e. The Labute approximate surface area is 160 Å². The maximum Gasteiger partial charge on any atom is 0.338 e. The van der Waals surface area contributed by atoms with Crippen LogP contribution in [0.25, 0.3) is 0 Å². The first-order valence-corrected chi connectivity index (χ1v) is 8.86. The topological polar surface area (TPSA) is 140 Å². The molecule has 10 nitrogen and oxygen atoms in total. The third-order valence-corrected chi connectivity index (χ3v) is 4.89. The summed E-state index contributed by atoms with van der Waals surface area (Å²) in [5.41, 5.74) is 0.0669. The number of methoxy groups -OCH3 is 1. The molecule has 3 N–H and O–H groups in total. The van der Waals surface area contributed by atoms with E-state index in [0.29, 0.717) is 5.70 Å². The van der Waals surface area contributed by atoms with Gasteiger partial charge in [0.1, 0.15) is 6.10 Å². The Morgan fingerprint density at radius 3 is 2.61 bits per heavy atom. The zero-order valence-electron chi connectivity index (χ0n) is 15.5. The molecule has 1 aliphatic carbocycles. The minimum atomic E-state index is -0.990. The number of aromatic hydroxyl groups is 1. The van der Waals surface area contributed by atoms with Crippen molar-refractivity contribution in [3.8, 4) is 11.5 Å². The molecule has 0 saturated heterocycles. The van der Waals surface area contributed by atoms with Gasteiger partial charge in [0.15, 0.2) is 5.75 Å². The van der Waals surface area contributed by atoms with Crippen LogP contribution in [0.1, 0.15) is 44.2 Å². The molecule has 0 aromatic heterocycles. The number of ether oxygens (including phenoxy) is 2. The number of rotatable bonds is 5. The molecule has 1 fully saturated rings. The van der Waals surface area contributed by atoms with Crippen LogP contribution in [0, 0.1) is 10.1 Å². The summed E-state index contributed by atoms with van der Waals surface area (Å²) in [6.07, 6.45) is 3.34. The highest BCUT2D eigenvalue weighted by Gasteiger charge is 2.35. The van der Waals surface area contributed by atoms with Gasteiger partial charge in [-0.2, -0.15) is 0 Å². The van der Waals surface area contributed by atoms with Crippen LogP contribution in [-0.4, -0.2) is 35.2 Å². The average molecular weight is 391 g/mol. The second kappa shape index (κ2) is 7.75. The maximum absolute atomic E-state index is 12.8. The van der Waals surface area contributed by atoms with Crippen LogP contribution in [0.15, 0.2) is 23.4 Å². The number of amides is 2. The highest BCUT2D eigenvalue weighted by molar-refractivity contribution is 5.95. The van der Waals surface area contributed by atoms with Crippen molar-refractivity contribution in [3.05, 3.63) is 39.1 Å². The van der Waals surface area contributed by atoms with E-state index in [2.05, 4.69) is 10.6 Å². The van der Waals surface area contributed by atoms with Crippen LogP contribution in [-0.2, 0) is 9.53 Å². The highest BCUT2D eigenvalue weighted by atomic mass is 16.6. The van der Waals surface area contributed by atoms with Crippen molar-refractivity contribution in [2.75, 3.05) is 7.11 Å². The molecule has 0 unspecified atom stereocenters. The number of phenols is 1. The third kappa shape index (κ3) is 3.71. The number of carbonyl (C=O) groups excluding carboxylic acids is 2. The number of phenolic OH excluding ortho intramolecular Hbond substituents is 1. The first kappa shape index (κ1) is 19.5. The average Bonchev–Trinajstić information content (AvgIpc) is 3.13. The number of nitrogens with zero attached hydrogens (tertiary/aromatic N) is 1. The van der Waals surface area contributed by atoms with E-state index in [4.69, 9.17) is 9.47 Å². The smallest absolute Gasteiger partial charge is 0.338 e. The van der Waals surface area contributed by atoms with E-state index in [1.54, 1.807) is 6.92 Å². The number of hydrogen-bond donors (Lipinski definition) is 3. The van der Waals surface area contributed by atoms with Crippen molar-refractivity contribution in [2.24, 2.45) is 0 Å². The molecule has 2 amide bonds. The van der Waals surface area contributed by atoms with E-state index in [-0.39, 0.29) is 23.0 Å². The normalized spacial score (nSPS) is 19.8. The van der Waals surface area contributed by atoms with Gasteiger partial charge in [-0.3, -0.25) is 10.1 Å². The Balaban J connectivity index is 2.03. The Hall–Kier alpha value is -3.30. The number of nitrogens with one attached hydrogen (secondary N) is 2. The van der Waals surface area contributed by atoms with Gasteiger partial charge in [-0.1, -0.05) is 0 Å². The number of hydrogen-bond acceptors (Lipinski definition) is 7. The summed E-state index contributed by atoms with van der Waals surface area (Å²) in [4.78, 5) is 35.3. The molecular weight excluding hydrogens is 370 g/mol. The Morgan fingerprint density at radius 1 is 1.32 bits per heavy atom. The molecule has 2 aliphatic rings. The van der Waals surface area contributed by atoms with Gasteiger partial charge in [0.05, 0.1) is 23.6 Å². The van der Waals surface area contributed by atoms with Gasteiger partial charge in [-0.05, 0) is 44.2 Å². The van der Waals surface area contributed by atoms with Crippen LogP contribution in [0.5, 0.6) is 11.5 Å². The standard InChI is InChI=1S/C18H21N3O7/c1-9-14(17(23)28-11-5-3-4-6-11)15(20-18(24)19-9)10-7-12(21(25)26)16(22)13(8-10)27-2/h7-8,11,15,22H,3-6H2,1-2H3,(H2,19,20,24)/t15-/m1/s1. The second-order valence-corrected chi connectivity index (χ2v) is 6.73. The van der Waals surface area contributed by atoms with Crippen LogP contribution >= 0.6 is 0 Å². The summed E-state index contributed by atoms with van der Waals surface area (Å²) in [6, 6.07) is 0.893. The SMILES string of the molecule is COc1cc([C@H]2NC(=O)NC(C)=C2C(=O)OC2CCCC2)cc([N+](=O)[O-])c1O. The van der Waals surface area contributed by atoms with E-state index >= 15 is 0 Å². The predicted octanol–water partition coefficient (Wildman–Crippen LogP) is 2.42. The van der Waals surface area contributed by atoms with E-state index in [0.717, 1.165) is 31.7 Å². The Bertz CT molecular complexity index is 859. The van der Waals surface area contributed by atoms with Gasteiger partial charge in [0, 0.05) is 11.8 Å². The molecule has 28 heavy (non-hydrogen) atoms. The Kier molecular flexibility index (Phi) is 5.39. The lowest BCUT2D eigenvalue weighted by atomic mass is 9.94. The fourth-order valence-electron chi connectivity index (χ4n) is 3.51. The van der Waals surface area contributed by atoms with Crippen LogP contribution in [0.2, 0.25) is 0 Å². The molecule has 10 heteroatoms. The fraction of sp³-hybridized carbons (Fsp3) is 0.444. The highest BCUT2D eigenvalue weighted by Crippen LogP contribution is 2.40. The van der Waals surface area contributed by atoms with E-state index in [1.807, 2.05) is 0 Å². The van der Waals surface area contributed by atoms with Crippen molar-refractivity contribution in [2.45, 2.75) is 44.8 Å². The summed E-state index contributed by atoms with van der Waals surface area (Å²) < 4.78 is 10.6. The summed E-state index contributed by atoms with van der Waals surface area (Å²) >= 11 is 0. The first-order valence-electron chi connectivity index (χ1n) is 8.86. The monoisotopic (exact) mass is 391 g/mol. The molecular formula is C18H21N3O7. The molecule has 1 heterocycles. The fourth-order valence-corrected chi connectivity index (χ4v) is 3.51. The zero-order chi connectivity index (χ0) is 20.4. The number of urea groups is 1. The van der Waals surface area contributed by atoms with Crippen LogP contribution < -0.4 is 15.4 Å². The lowest BCUT2D eigenvalue weighted by Gasteiger charge is -2.29. The predicted molar refractivity (Wildman–Crippen MR) is 96.8 cm³/mol. The summed E-state index contributed by atoms with van der Waals surface area (Å²) in [6.45, 7) is 1.56. The van der Waals surface area contributed by atoms with Crippen LogP contribution in [0.4, 0.5) is 10.5 Å². The first-order chi connectivity index (χ1) is 13.3. The van der Waals surface area contributed by atoms with Crippen molar-refractivity contribution < 1.29 is 29.1 Å². The number of nitro benzene ring substituents is 1. The van der Waals surface area contributed by atoms with E-state index < -0.39 is 34.4 Å². The molecule has 1 aromatic rings. The van der Waals surface area contributed by atoms with Gasteiger partial charge >= 0.3 is 17.7 Å². The molecule has 1 saturated carbocycles. The van der Waals surface area contributed by atoms with Crippen molar-refractivity contribution in [1.29, 1.82) is 0 Å². The van der Waals surface area contributed by atoms with Gasteiger partial charge in [0.25, 0.3) is 0 Å². The minimum absolute atomic E-state index is 0.141. The van der Waals surface area contributed by atoms with Crippen LogP contribution in [0.3, 0.4) is 0 Å².